The van der Waals surface area contributed by atoms with Crippen LogP contribution in [0.2, 0.25) is 0 Å². The van der Waals surface area contributed by atoms with Crippen LogP contribution in [0.3, 0.4) is 0 Å². The molecule has 1 heterocycles. The third-order valence-electron chi connectivity index (χ3n) is 5.26. The average molecular weight is 405 g/mol. The molecule has 6 heteroatoms. The average Bonchev–Trinajstić information content (AvgIpc) is 2.75. The summed E-state index contributed by atoms with van der Waals surface area (Å²) >= 11 is 0. The van der Waals surface area contributed by atoms with Gasteiger partial charge in [-0.15, -0.1) is 0 Å². The van der Waals surface area contributed by atoms with Crippen LogP contribution in [0.25, 0.3) is 0 Å². The number of carbonyl (C=O) groups excluding carboxylic acids is 2. The first-order valence-corrected chi connectivity index (χ1v) is 11.0. The molecule has 0 aromatic heterocycles. The molecule has 0 spiro atoms. The van der Waals surface area contributed by atoms with Crippen LogP contribution in [-0.2, 0) is 14.3 Å². The van der Waals surface area contributed by atoms with E-state index in [0.29, 0.717) is 32.5 Å². The lowest BCUT2D eigenvalue weighted by Crippen LogP contribution is -2.43. The maximum Gasteiger partial charge on any atom is 0.309 e. The normalized spacial score (nSPS) is 14.5. The number of anilines is 1. The van der Waals surface area contributed by atoms with Crippen molar-refractivity contribution in [1.29, 1.82) is 0 Å². The Hall–Kier alpha value is -2.24. The second-order valence-electron chi connectivity index (χ2n) is 7.55. The van der Waals surface area contributed by atoms with Crippen molar-refractivity contribution in [3.8, 4) is 5.75 Å². The first-order valence-electron chi connectivity index (χ1n) is 11.0. The van der Waals surface area contributed by atoms with Crippen molar-refractivity contribution in [2.75, 3.05) is 38.2 Å². The van der Waals surface area contributed by atoms with Gasteiger partial charge in [-0.1, -0.05) is 38.7 Å². The largest absolute Gasteiger partial charge is 0.494 e. The van der Waals surface area contributed by atoms with Crippen LogP contribution in [-0.4, -0.2) is 49.6 Å². The summed E-state index contributed by atoms with van der Waals surface area (Å²) in [6, 6.07) is 7.75. The Labute approximate surface area is 174 Å². The second-order valence-corrected chi connectivity index (χ2v) is 7.55. The van der Waals surface area contributed by atoms with E-state index in [4.69, 9.17) is 9.47 Å². The topological polar surface area (TPSA) is 67.9 Å². The molecule has 0 aliphatic carbocycles. The number of rotatable bonds is 12. The van der Waals surface area contributed by atoms with E-state index in [2.05, 4.69) is 12.2 Å². The van der Waals surface area contributed by atoms with Gasteiger partial charge < -0.3 is 19.7 Å². The number of hydrogen-bond donors (Lipinski definition) is 1. The summed E-state index contributed by atoms with van der Waals surface area (Å²) < 4.78 is 10.9. The van der Waals surface area contributed by atoms with Crippen molar-refractivity contribution in [1.82, 2.24) is 4.90 Å². The highest BCUT2D eigenvalue weighted by Gasteiger charge is 2.27. The number of likely N-dealkylation sites (tertiary alicyclic amines) is 1. The van der Waals surface area contributed by atoms with E-state index in [9.17, 15) is 9.59 Å². The van der Waals surface area contributed by atoms with E-state index >= 15 is 0 Å². The van der Waals surface area contributed by atoms with E-state index in [0.717, 1.165) is 24.5 Å². The zero-order chi connectivity index (χ0) is 20.9. The predicted molar refractivity (Wildman–Crippen MR) is 115 cm³/mol. The number of piperidine rings is 1. The van der Waals surface area contributed by atoms with E-state index in [1.54, 1.807) is 0 Å². The highest BCUT2D eigenvalue weighted by atomic mass is 16.5. The molecule has 1 amide bonds. The number of benzene rings is 1. The predicted octanol–water partition coefficient (Wildman–Crippen LogP) is 4.25. The van der Waals surface area contributed by atoms with E-state index in [-0.39, 0.29) is 24.3 Å². The first kappa shape index (κ1) is 23.0. The van der Waals surface area contributed by atoms with Gasteiger partial charge in [0.1, 0.15) is 5.75 Å². The van der Waals surface area contributed by atoms with Crippen LogP contribution in [0.1, 0.15) is 58.8 Å². The molecular weight excluding hydrogens is 368 g/mol. The number of unbranched alkanes of at least 4 members (excludes halogenated alkanes) is 4. The van der Waals surface area contributed by atoms with Crippen LogP contribution in [0.5, 0.6) is 5.75 Å². The van der Waals surface area contributed by atoms with Gasteiger partial charge in [-0.05, 0) is 38.3 Å². The zero-order valence-electron chi connectivity index (χ0n) is 18.0. The molecule has 2 rings (SSSR count). The summed E-state index contributed by atoms with van der Waals surface area (Å²) in [7, 11) is 0. The molecule has 1 aliphatic heterocycles. The third kappa shape index (κ3) is 8.34. The molecule has 1 aromatic carbocycles. The number of ether oxygens (including phenoxy) is 2. The Bertz CT molecular complexity index is 627. The summed E-state index contributed by atoms with van der Waals surface area (Å²) in [5.41, 5.74) is 0.878. The van der Waals surface area contributed by atoms with Crippen LogP contribution in [0.15, 0.2) is 24.3 Å². The fourth-order valence-electron chi connectivity index (χ4n) is 3.51. The summed E-state index contributed by atoms with van der Waals surface area (Å²) in [6.45, 7) is 6.60. The number of esters is 1. The summed E-state index contributed by atoms with van der Waals surface area (Å²) in [6.07, 6.45) is 7.41. The minimum Gasteiger partial charge on any atom is -0.494 e. The molecule has 0 atom stereocenters. The van der Waals surface area contributed by atoms with Crippen LogP contribution < -0.4 is 10.1 Å². The van der Waals surface area contributed by atoms with Crippen molar-refractivity contribution in [2.24, 2.45) is 5.92 Å². The fraction of sp³-hybridized carbons (Fsp3) is 0.652. The van der Waals surface area contributed by atoms with Crippen LogP contribution in [0.4, 0.5) is 5.69 Å². The molecular formula is C23H36N2O4. The van der Waals surface area contributed by atoms with Crippen molar-refractivity contribution < 1.29 is 19.1 Å². The molecule has 1 N–H and O–H groups in total. The van der Waals surface area contributed by atoms with Crippen LogP contribution in [0, 0.1) is 5.92 Å². The molecule has 1 aliphatic rings. The molecule has 162 valence electrons. The molecule has 29 heavy (non-hydrogen) atoms. The van der Waals surface area contributed by atoms with Crippen molar-refractivity contribution >= 4 is 17.6 Å². The number of carbonyl (C=O) groups is 2. The lowest BCUT2D eigenvalue weighted by atomic mass is 9.97. The molecule has 0 unspecified atom stereocenters. The number of nitrogens with zero attached hydrogens (tertiary/aromatic N) is 1. The number of amides is 1. The Kier molecular flexibility index (Phi) is 10.4. The molecule has 0 bridgehead atoms. The van der Waals surface area contributed by atoms with Crippen LogP contribution >= 0.6 is 0 Å². The van der Waals surface area contributed by atoms with E-state index in [1.165, 1.54) is 25.7 Å². The smallest absolute Gasteiger partial charge is 0.309 e. The minimum absolute atomic E-state index is 0.0505. The maximum atomic E-state index is 12.5. The lowest BCUT2D eigenvalue weighted by molar-refractivity contribution is -0.151. The van der Waals surface area contributed by atoms with Gasteiger partial charge >= 0.3 is 5.97 Å². The van der Waals surface area contributed by atoms with Gasteiger partial charge in [0.25, 0.3) is 0 Å². The Balaban J connectivity index is 1.69. The fourth-order valence-corrected chi connectivity index (χ4v) is 3.51. The SMILES string of the molecule is CCCCCCCOc1cccc(NCC(=O)N2CCC(C(=O)OCC)CC2)c1. The standard InChI is InChI=1S/C23H36N2O4/c1-3-5-6-7-8-16-29-21-11-9-10-20(17-21)24-18-22(26)25-14-12-19(13-15-25)23(27)28-4-2/h9-11,17,19,24H,3-8,12-16,18H2,1-2H3. The quantitative estimate of drug-likeness (QED) is 0.417. The van der Waals surface area contributed by atoms with Gasteiger partial charge in [0.15, 0.2) is 0 Å². The van der Waals surface area contributed by atoms with Gasteiger partial charge in [0.05, 0.1) is 25.7 Å². The molecule has 0 saturated carbocycles. The molecule has 0 radical (unpaired) electrons. The minimum atomic E-state index is -0.139. The van der Waals surface area contributed by atoms with Crippen molar-refractivity contribution in [2.45, 2.75) is 58.8 Å². The summed E-state index contributed by atoms with van der Waals surface area (Å²) in [5, 5.41) is 3.19. The monoisotopic (exact) mass is 404 g/mol. The third-order valence-corrected chi connectivity index (χ3v) is 5.26. The molecule has 1 saturated heterocycles. The van der Waals surface area contributed by atoms with Gasteiger partial charge in [-0.25, -0.2) is 0 Å². The first-order chi connectivity index (χ1) is 14.1. The zero-order valence-corrected chi connectivity index (χ0v) is 18.0. The Morgan fingerprint density at radius 1 is 1.10 bits per heavy atom. The summed E-state index contributed by atoms with van der Waals surface area (Å²) in [5.74, 6) is 0.658. The second kappa shape index (κ2) is 13.1. The Morgan fingerprint density at radius 2 is 1.86 bits per heavy atom. The number of nitrogens with one attached hydrogen (secondary N) is 1. The van der Waals surface area contributed by atoms with Gasteiger partial charge in [0.2, 0.25) is 5.91 Å². The van der Waals surface area contributed by atoms with E-state index < -0.39 is 0 Å². The molecule has 6 nitrogen and oxygen atoms in total. The molecule has 1 fully saturated rings. The van der Waals surface area contributed by atoms with Crippen molar-refractivity contribution in [3.05, 3.63) is 24.3 Å². The molecule has 1 aromatic rings. The number of hydrogen-bond acceptors (Lipinski definition) is 5. The Morgan fingerprint density at radius 3 is 2.59 bits per heavy atom. The van der Waals surface area contributed by atoms with E-state index in [1.807, 2.05) is 36.1 Å². The van der Waals surface area contributed by atoms with Crippen molar-refractivity contribution in [3.63, 3.8) is 0 Å². The summed E-state index contributed by atoms with van der Waals surface area (Å²) in [4.78, 5) is 26.1. The van der Waals surface area contributed by atoms with Gasteiger partial charge in [-0.3, -0.25) is 9.59 Å². The highest BCUT2D eigenvalue weighted by Crippen LogP contribution is 2.20. The highest BCUT2D eigenvalue weighted by molar-refractivity contribution is 5.81. The van der Waals surface area contributed by atoms with Gasteiger partial charge in [-0.2, -0.15) is 0 Å². The maximum absolute atomic E-state index is 12.5. The lowest BCUT2D eigenvalue weighted by Gasteiger charge is -2.31. The van der Waals surface area contributed by atoms with Gasteiger partial charge in [0, 0.05) is 24.8 Å².